The van der Waals surface area contributed by atoms with Crippen LogP contribution >= 0.6 is 24.8 Å². The van der Waals surface area contributed by atoms with E-state index < -0.39 is 0 Å². The molecule has 5 rings (SSSR count). The van der Waals surface area contributed by atoms with E-state index in [0.29, 0.717) is 19.0 Å². The average molecular weight is 425 g/mol. The van der Waals surface area contributed by atoms with Gasteiger partial charge in [0.25, 0.3) is 0 Å². The van der Waals surface area contributed by atoms with Crippen LogP contribution in [0.2, 0.25) is 0 Å². The molecule has 0 amide bonds. The molecule has 28 heavy (non-hydrogen) atoms. The Labute approximate surface area is 175 Å². The Bertz CT molecular complexity index is 948. The molecule has 2 aromatic heterocycles. The van der Waals surface area contributed by atoms with Gasteiger partial charge < -0.3 is 19.4 Å². The van der Waals surface area contributed by atoms with Crippen LogP contribution in [0.4, 0.5) is 0 Å². The van der Waals surface area contributed by atoms with Gasteiger partial charge in [-0.3, -0.25) is 0 Å². The maximum atomic E-state index is 5.70. The highest BCUT2D eigenvalue weighted by atomic mass is 35.5. The van der Waals surface area contributed by atoms with Gasteiger partial charge in [0, 0.05) is 38.3 Å². The van der Waals surface area contributed by atoms with Gasteiger partial charge in [0.2, 0.25) is 0 Å². The molecule has 0 radical (unpaired) electrons. The molecule has 0 spiro atoms. The number of hydrogen-bond donors (Lipinski definition) is 1. The third kappa shape index (κ3) is 3.67. The van der Waals surface area contributed by atoms with Crippen LogP contribution in [0.5, 0.6) is 11.5 Å². The number of ether oxygens (including phenoxy) is 2. The summed E-state index contributed by atoms with van der Waals surface area (Å²) in [5.41, 5.74) is 1.73. The Morgan fingerprint density at radius 1 is 1.04 bits per heavy atom. The number of imidazole rings is 1. The summed E-state index contributed by atoms with van der Waals surface area (Å²) in [6.07, 6.45) is 2.98. The molecule has 0 fully saturated rings. The lowest BCUT2D eigenvalue weighted by atomic mass is 10.2. The van der Waals surface area contributed by atoms with E-state index in [0.717, 1.165) is 60.6 Å². The van der Waals surface area contributed by atoms with Crippen LogP contribution in [-0.2, 0) is 13.0 Å². The number of nitrogens with one attached hydrogen (secondary N) is 1. The first-order valence-electron chi connectivity index (χ1n) is 8.89. The smallest absolute Gasteiger partial charge is 0.183 e. The van der Waals surface area contributed by atoms with Gasteiger partial charge in [-0.1, -0.05) is 0 Å². The van der Waals surface area contributed by atoms with Crippen molar-refractivity contribution in [2.24, 2.45) is 0 Å². The van der Waals surface area contributed by atoms with Crippen molar-refractivity contribution < 1.29 is 9.47 Å². The monoisotopic (exact) mass is 424 g/mol. The second-order valence-corrected chi connectivity index (χ2v) is 6.46. The highest BCUT2D eigenvalue weighted by Gasteiger charge is 2.20. The molecule has 0 saturated heterocycles. The molecule has 1 aromatic carbocycles. The summed E-state index contributed by atoms with van der Waals surface area (Å²) in [5.74, 6) is 4.03. The van der Waals surface area contributed by atoms with Crippen LogP contribution in [0.25, 0.3) is 17.2 Å². The Kier molecular flexibility index (Phi) is 6.12. The molecule has 4 heterocycles. The van der Waals surface area contributed by atoms with E-state index in [9.17, 15) is 0 Å². The Morgan fingerprint density at radius 3 is 2.71 bits per heavy atom. The molecule has 0 aliphatic carbocycles. The first-order chi connectivity index (χ1) is 12.8. The highest BCUT2D eigenvalue weighted by molar-refractivity contribution is 5.85. The van der Waals surface area contributed by atoms with E-state index in [-0.39, 0.29) is 24.8 Å². The van der Waals surface area contributed by atoms with Gasteiger partial charge in [0.15, 0.2) is 17.3 Å². The second-order valence-electron chi connectivity index (χ2n) is 6.46. The molecular formula is C18H22Cl2N6O2. The molecule has 3 aromatic rings. The SMILES string of the molecule is Cc1nc(-c2cn3c(n2)CCNCC3)n(-c2ccc3c(c2)OCCO3)n1.Cl.Cl. The molecule has 8 nitrogen and oxygen atoms in total. The Balaban J connectivity index is 0.00000112. The highest BCUT2D eigenvalue weighted by Crippen LogP contribution is 2.33. The van der Waals surface area contributed by atoms with E-state index in [2.05, 4.69) is 26.2 Å². The maximum absolute atomic E-state index is 5.70. The zero-order valence-corrected chi connectivity index (χ0v) is 17.1. The zero-order chi connectivity index (χ0) is 17.5. The molecule has 2 aliphatic heterocycles. The van der Waals surface area contributed by atoms with Crippen molar-refractivity contribution >= 4 is 24.8 Å². The van der Waals surface area contributed by atoms with E-state index in [1.807, 2.05) is 29.8 Å². The van der Waals surface area contributed by atoms with Gasteiger partial charge in [0.05, 0.1) is 5.69 Å². The molecular weight excluding hydrogens is 403 g/mol. The minimum Gasteiger partial charge on any atom is -0.486 e. The van der Waals surface area contributed by atoms with Gasteiger partial charge in [-0.05, 0) is 19.1 Å². The molecule has 0 saturated carbocycles. The molecule has 0 unspecified atom stereocenters. The van der Waals surface area contributed by atoms with Crippen molar-refractivity contribution in [3.05, 3.63) is 36.0 Å². The number of aryl methyl sites for hydroxylation is 1. The summed E-state index contributed by atoms with van der Waals surface area (Å²) in [7, 11) is 0. The molecule has 0 atom stereocenters. The van der Waals surface area contributed by atoms with Crippen molar-refractivity contribution in [2.45, 2.75) is 19.9 Å². The fourth-order valence-electron chi connectivity index (χ4n) is 3.40. The normalized spacial score (nSPS) is 15.0. The number of fused-ring (bicyclic) bond motifs is 2. The molecule has 10 heteroatoms. The number of halogens is 2. The lowest BCUT2D eigenvalue weighted by Crippen LogP contribution is -2.17. The number of nitrogens with zero attached hydrogens (tertiary/aromatic N) is 5. The van der Waals surface area contributed by atoms with Gasteiger partial charge >= 0.3 is 0 Å². The van der Waals surface area contributed by atoms with Crippen molar-refractivity contribution in [3.63, 3.8) is 0 Å². The van der Waals surface area contributed by atoms with Crippen LogP contribution in [0.15, 0.2) is 24.4 Å². The van der Waals surface area contributed by atoms with Gasteiger partial charge in [0.1, 0.15) is 30.6 Å². The number of hydrogen-bond acceptors (Lipinski definition) is 6. The van der Waals surface area contributed by atoms with Crippen LogP contribution in [0, 0.1) is 6.92 Å². The first kappa shape index (κ1) is 20.4. The van der Waals surface area contributed by atoms with E-state index in [1.165, 1.54) is 0 Å². The summed E-state index contributed by atoms with van der Waals surface area (Å²) in [6.45, 7) is 5.85. The molecule has 0 bridgehead atoms. The number of aromatic nitrogens is 5. The quantitative estimate of drug-likeness (QED) is 0.679. The Morgan fingerprint density at radius 2 is 1.86 bits per heavy atom. The predicted molar refractivity (Wildman–Crippen MR) is 109 cm³/mol. The minimum atomic E-state index is 0. The zero-order valence-electron chi connectivity index (χ0n) is 15.4. The standard InChI is InChI=1S/C18H20N6O2.2ClH/c1-12-20-18(14-11-23-7-6-19-5-4-17(23)21-14)24(22-12)13-2-3-15-16(10-13)26-9-8-25-15;;/h2-3,10-11,19H,4-9H2,1H3;2*1H. The van der Waals surface area contributed by atoms with Crippen LogP contribution < -0.4 is 14.8 Å². The van der Waals surface area contributed by atoms with Crippen molar-refractivity contribution in [1.29, 1.82) is 0 Å². The largest absolute Gasteiger partial charge is 0.486 e. The van der Waals surface area contributed by atoms with Crippen LogP contribution in [-0.4, -0.2) is 50.6 Å². The second kappa shape index (κ2) is 8.38. The topological polar surface area (TPSA) is 79.0 Å². The lowest BCUT2D eigenvalue weighted by molar-refractivity contribution is 0.171. The first-order valence-corrected chi connectivity index (χ1v) is 8.89. The molecule has 2 aliphatic rings. The van der Waals surface area contributed by atoms with Crippen LogP contribution in [0.1, 0.15) is 11.6 Å². The van der Waals surface area contributed by atoms with Crippen molar-refractivity contribution in [3.8, 4) is 28.7 Å². The van der Waals surface area contributed by atoms with E-state index >= 15 is 0 Å². The lowest BCUT2D eigenvalue weighted by Gasteiger charge is -2.19. The fourth-order valence-corrected chi connectivity index (χ4v) is 3.40. The Hall–Kier alpha value is -2.29. The summed E-state index contributed by atoms with van der Waals surface area (Å²) in [6, 6.07) is 5.83. The summed E-state index contributed by atoms with van der Waals surface area (Å²) >= 11 is 0. The summed E-state index contributed by atoms with van der Waals surface area (Å²) in [4.78, 5) is 9.44. The number of benzene rings is 1. The third-order valence-electron chi connectivity index (χ3n) is 4.63. The minimum absolute atomic E-state index is 0. The maximum Gasteiger partial charge on any atom is 0.183 e. The van der Waals surface area contributed by atoms with Gasteiger partial charge in [-0.15, -0.1) is 24.8 Å². The average Bonchev–Trinajstić information content (AvgIpc) is 3.18. The molecule has 150 valence electrons. The van der Waals surface area contributed by atoms with Crippen LogP contribution in [0.3, 0.4) is 0 Å². The fraction of sp³-hybridized carbons (Fsp3) is 0.389. The number of rotatable bonds is 2. The summed E-state index contributed by atoms with van der Waals surface area (Å²) in [5, 5.41) is 7.97. The van der Waals surface area contributed by atoms with Gasteiger partial charge in [-0.2, -0.15) is 5.10 Å². The summed E-state index contributed by atoms with van der Waals surface area (Å²) < 4.78 is 15.3. The molecule has 1 N–H and O–H groups in total. The third-order valence-corrected chi connectivity index (χ3v) is 4.63. The predicted octanol–water partition coefficient (Wildman–Crippen LogP) is 2.20. The van der Waals surface area contributed by atoms with Gasteiger partial charge in [-0.25, -0.2) is 14.6 Å². The van der Waals surface area contributed by atoms with Crippen molar-refractivity contribution in [2.75, 3.05) is 26.3 Å². The van der Waals surface area contributed by atoms with E-state index in [1.54, 1.807) is 0 Å². The van der Waals surface area contributed by atoms with Crippen molar-refractivity contribution in [1.82, 2.24) is 29.6 Å². The van der Waals surface area contributed by atoms with E-state index in [4.69, 9.17) is 14.5 Å².